The lowest BCUT2D eigenvalue weighted by molar-refractivity contribution is 0.411. The number of benzene rings is 2. The molecule has 0 fully saturated rings. The third kappa shape index (κ3) is 2.11. The zero-order valence-electron chi connectivity index (χ0n) is 13.7. The van der Waals surface area contributed by atoms with Gasteiger partial charge >= 0.3 is 5.63 Å². The summed E-state index contributed by atoms with van der Waals surface area (Å²) in [4.78, 5) is 12.0. The smallest absolute Gasteiger partial charge is 0.336 e. The van der Waals surface area contributed by atoms with Gasteiger partial charge in [-0.15, -0.1) is 0 Å². The van der Waals surface area contributed by atoms with E-state index in [0.29, 0.717) is 22.7 Å². The van der Waals surface area contributed by atoms with Crippen LogP contribution in [0.15, 0.2) is 56.1 Å². The van der Waals surface area contributed by atoms with Gasteiger partial charge < -0.3 is 13.6 Å². The van der Waals surface area contributed by atoms with Crippen LogP contribution in [0.3, 0.4) is 0 Å². The van der Waals surface area contributed by atoms with Crippen LogP contribution in [0.1, 0.15) is 11.1 Å². The molecule has 0 unspecified atom stereocenters. The van der Waals surface area contributed by atoms with E-state index < -0.39 is 5.63 Å². The number of furan rings is 1. The summed E-state index contributed by atoms with van der Waals surface area (Å²) in [5, 5.41) is 1.78. The highest BCUT2D eigenvalue weighted by atomic mass is 16.5. The minimum atomic E-state index is -0.390. The molecule has 0 spiro atoms. The normalized spacial score (nSPS) is 11.3. The van der Waals surface area contributed by atoms with Crippen molar-refractivity contribution in [3.8, 4) is 17.1 Å². The van der Waals surface area contributed by atoms with E-state index in [2.05, 4.69) is 0 Å². The molecule has 0 aliphatic rings. The van der Waals surface area contributed by atoms with Crippen molar-refractivity contribution in [1.82, 2.24) is 0 Å². The van der Waals surface area contributed by atoms with Crippen LogP contribution in [0.4, 0.5) is 0 Å². The van der Waals surface area contributed by atoms with E-state index in [-0.39, 0.29) is 0 Å². The molecular formula is C20H16O4. The van der Waals surface area contributed by atoms with Crippen LogP contribution in [-0.2, 0) is 0 Å². The summed E-state index contributed by atoms with van der Waals surface area (Å²) in [5.74, 6) is 1.29. The standard InChI is InChI=1S/C20H16O4/c1-11-7-8-14-15(10-18(21)24-19(14)12(11)2)17-9-13-5-4-6-16(22-3)20(13)23-17/h4-10H,1-3H3. The third-order valence-corrected chi connectivity index (χ3v) is 4.43. The number of aryl methyl sites for hydroxylation is 2. The Balaban J connectivity index is 2.07. The van der Waals surface area contributed by atoms with Gasteiger partial charge in [0.1, 0.15) is 11.3 Å². The second kappa shape index (κ2) is 5.27. The van der Waals surface area contributed by atoms with Crippen LogP contribution in [0.25, 0.3) is 33.3 Å². The Hall–Kier alpha value is -3.01. The predicted octanol–water partition coefficient (Wildman–Crippen LogP) is 4.83. The average molecular weight is 320 g/mol. The van der Waals surface area contributed by atoms with E-state index in [9.17, 15) is 4.79 Å². The topological polar surface area (TPSA) is 52.6 Å². The van der Waals surface area contributed by atoms with Crippen LogP contribution < -0.4 is 10.4 Å². The molecule has 2 aromatic carbocycles. The lowest BCUT2D eigenvalue weighted by atomic mass is 10.0. The van der Waals surface area contributed by atoms with Crippen molar-refractivity contribution < 1.29 is 13.6 Å². The first kappa shape index (κ1) is 14.6. The molecule has 0 saturated carbocycles. The second-order valence-corrected chi connectivity index (χ2v) is 5.85. The van der Waals surface area contributed by atoms with Gasteiger partial charge in [-0.05, 0) is 37.1 Å². The molecule has 0 N–H and O–H groups in total. The van der Waals surface area contributed by atoms with Crippen LogP contribution >= 0.6 is 0 Å². The summed E-state index contributed by atoms with van der Waals surface area (Å²) in [6, 6.07) is 13.1. The van der Waals surface area contributed by atoms with E-state index in [1.165, 1.54) is 6.07 Å². The first-order valence-corrected chi connectivity index (χ1v) is 7.69. The van der Waals surface area contributed by atoms with Gasteiger partial charge in [0.05, 0.1) is 7.11 Å². The van der Waals surface area contributed by atoms with E-state index in [0.717, 1.165) is 27.5 Å². The number of ether oxygens (including phenoxy) is 1. The molecule has 4 rings (SSSR count). The molecule has 4 aromatic rings. The molecule has 0 aliphatic heterocycles. The number of rotatable bonds is 2. The van der Waals surface area contributed by atoms with E-state index in [1.54, 1.807) is 7.11 Å². The largest absolute Gasteiger partial charge is 0.493 e. The molecule has 0 atom stereocenters. The van der Waals surface area contributed by atoms with Crippen molar-refractivity contribution in [2.45, 2.75) is 13.8 Å². The molecule has 0 aliphatic carbocycles. The highest BCUT2D eigenvalue weighted by Gasteiger charge is 2.16. The first-order valence-electron chi connectivity index (χ1n) is 7.69. The highest BCUT2D eigenvalue weighted by Crippen LogP contribution is 2.36. The zero-order valence-corrected chi connectivity index (χ0v) is 13.7. The number of methoxy groups -OCH3 is 1. The maximum Gasteiger partial charge on any atom is 0.336 e. The Labute approximate surface area is 138 Å². The summed E-state index contributed by atoms with van der Waals surface area (Å²) in [5.41, 5.74) is 3.64. The Kier molecular flexibility index (Phi) is 3.20. The molecule has 4 heteroatoms. The van der Waals surface area contributed by atoms with Gasteiger partial charge in [0.2, 0.25) is 0 Å². The van der Waals surface area contributed by atoms with Gasteiger partial charge in [-0.25, -0.2) is 4.79 Å². The number of fused-ring (bicyclic) bond motifs is 2. The Morgan fingerprint density at radius 1 is 0.958 bits per heavy atom. The quantitative estimate of drug-likeness (QED) is 0.496. The molecule has 0 saturated heterocycles. The third-order valence-electron chi connectivity index (χ3n) is 4.43. The average Bonchev–Trinajstić information content (AvgIpc) is 3.02. The molecule has 2 heterocycles. The number of para-hydroxylation sites is 1. The van der Waals surface area contributed by atoms with Crippen molar-refractivity contribution in [3.63, 3.8) is 0 Å². The van der Waals surface area contributed by atoms with Crippen LogP contribution in [-0.4, -0.2) is 7.11 Å². The van der Waals surface area contributed by atoms with E-state index in [4.69, 9.17) is 13.6 Å². The van der Waals surface area contributed by atoms with Crippen molar-refractivity contribution in [2.24, 2.45) is 0 Å². The summed E-state index contributed by atoms with van der Waals surface area (Å²) in [7, 11) is 1.61. The molecule has 0 bridgehead atoms. The van der Waals surface area contributed by atoms with Gasteiger partial charge in [-0.3, -0.25) is 0 Å². The predicted molar refractivity (Wildman–Crippen MR) is 93.7 cm³/mol. The molecule has 0 amide bonds. The maximum absolute atomic E-state index is 12.0. The van der Waals surface area contributed by atoms with Crippen molar-refractivity contribution in [2.75, 3.05) is 7.11 Å². The summed E-state index contributed by atoms with van der Waals surface area (Å²) in [6.07, 6.45) is 0. The minimum absolute atomic E-state index is 0.390. The zero-order chi connectivity index (χ0) is 16.8. The maximum atomic E-state index is 12.0. The van der Waals surface area contributed by atoms with Crippen molar-refractivity contribution in [1.29, 1.82) is 0 Å². The molecule has 2 aromatic heterocycles. The second-order valence-electron chi connectivity index (χ2n) is 5.85. The summed E-state index contributed by atoms with van der Waals surface area (Å²) < 4.78 is 16.8. The minimum Gasteiger partial charge on any atom is -0.493 e. The van der Waals surface area contributed by atoms with Crippen molar-refractivity contribution >= 4 is 21.9 Å². The molecule has 0 radical (unpaired) electrons. The highest BCUT2D eigenvalue weighted by molar-refractivity contribution is 5.97. The fourth-order valence-electron chi connectivity index (χ4n) is 2.99. The monoisotopic (exact) mass is 320 g/mol. The van der Waals surface area contributed by atoms with Crippen LogP contribution in [0.5, 0.6) is 5.75 Å². The van der Waals surface area contributed by atoms with Gasteiger partial charge in [-0.2, -0.15) is 0 Å². The van der Waals surface area contributed by atoms with Crippen LogP contribution in [0.2, 0.25) is 0 Å². The van der Waals surface area contributed by atoms with Crippen molar-refractivity contribution in [3.05, 3.63) is 64.0 Å². The van der Waals surface area contributed by atoms with Gasteiger partial charge in [-0.1, -0.05) is 24.3 Å². The van der Waals surface area contributed by atoms with Gasteiger partial charge in [0.15, 0.2) is 11.3 Å². The first-order chi connectivity index (χ1) is 11.6. The number of hydrogen-bond acceptors (Lipinski definition) is 4. The number of hydrogen-bond donors (Lipinski definition) is 0. The Morgan fingerprint density at radius 2 is 1.79 bits per heavy atom. The SMILES string of the molecule is COc1cccc2cc(-c3cc(=O)oc4c(C)c(C)ccc34)oc12. The van der Waals surface area contributed by atoms with E-state index >= 15 is 0 Å². The van der Waals surface area contributed by atoms with E-state index in [1.807, 2.05) is 50.2 Å². The lowest BCUT2D eigenvalue weighted by Crippen LogP contribution is -1.99. The molecule has 120 valence electrons. The molecule has 4 nitrogen and oxygen atoms in total. The summed E-state index contributed by atoms with van der Waals surface area (Å²) >= 11 is 0. The fourth-order valence-corrected chi connectivity index (χ4v) is 2.99. The Bertz CT molecular complexity index is 1130. The molecular weight excluding hydrogens is 304 g/mol. The van der Waals surface area contributed by atoms with Gasteiger partial charge in [0, 0.05) is 22.4 Å². The van der Waals surface area contributed by atoms with Crippen LogP contribution in [0, 0.1) is 13.8 Å². The van der Waals surface area contributed by atoms with Gasteiger partial charge in [0.25, 0.3) is 0 Å². The fraction of sp³-hybridized carbons (Fsp3) is 0.150. The summed E-state index contributed by atoms with van der Waals surface area (Å²) in [6.45, 7) is 3.94. The lowest BCUT2D eigenvalue weighted by Gasteiger charge is -2.07. The molecule has 24 heavy (non-hydrogen) atoms. The Morgan fingerprint density at radius 3 is 2.58 bits per heavy atom.